The van der Waals surface area contributed by atoms with Gasteiger partial charge in [0.2, 0.25) is 11.8 Å². The minimum atomic E-state index is -0.491. The average molecular weight is 424 g/mol. The smallest absolute Gasteiger partial charge is 0.229 e. The van der Waals surface area contributed by atoms with E-state index in [1.165, 1.54) is 12.5 Å². The zero-order chi connectivity index (χ0) is 22.1. The van der Waals surface area contributed by atoms with Crippen molar-refractivity contribution in [1.29, 1.82) is 0 Å². The second kappa shape index (κ2) is 11.2. The van der Waals surface area contributed by atoms with E-state index in [0.29, 0.717) is 6.54 Å². The largest absolute Gasteiger partial charge is 0.370 e. The molecule has 164 valence electrons. The summed E-state index contributed by atoms with van der Waals surface area (Å²) in [6, 6.07) is 7.21. The second-order valence-corrected chi connectivity index (χ2v) is 7.78. The van der Waals surface area contributed by atoms with Crippen LogP contribution in [-0.4, -0.2) is 40.7 Å². The predicted molar refractivity (Wildman–Crippen MR) is 117 cm³/mol. The quantitative estimate of drug-likeness (QED) is 0.398. The third-order valence-electron chi connectivity index (χ3n) is 5.12. The van der Waals surface area contributed by atoms with Crippen molar-refractivity contribution in [1.82, 2.24) is 20.6 Å². The van der Waals surface area contributed by atoms with Gasteiger partial charge in [-0.25, -0.2) is 4.98 Å². The van der Waals surface area contributed by atoms with Gasteiger partial charge in [0.25, 0.3) is 0 Å². The first-order valence-electron chi connectivity index (χ1n) is 10.7. The van der Waals surface area contributed by atoms with Crippen LogP contribution in [0.5, 0.6) is 0 Å². The van der Waals surface area contributed by atoms with E-state index in [2.05, 4.69) is 32.0 Å². The lowest BCUT2D eigenvalue weighted by Crippen LogP contribution is -2.35. The Morgan fingerprint density at radius 3 is 2.84 bits per heavy atom. The summed E-state index contributed by atoms with van der Waals surface area (Å²) in [6.45, 7) is 2.89. The fourth-order valence-corrected chi connectivity index (χ4v) is 3.58. The minimum Gasteiger partial charge on any atom is -0.370 e. The van der Waals surface area contributed by atoms with Crippen LogP contribution < -0.4 is 16.0 Å². The number of hydrogen-bond donors (Lipinski definition) is 3. The number of rotatable bonds is 10. The Morgan fingerprint density at radius 2 is 2.06 bits per heavy atom. The molecule has 0 fully saturated rings. The van der Waals surface area contributed by atoms with Crippen molar-refractivity contribution in [3.8, 4) is 0 Å². The number of hydrogen-bond acceptors (Lipinski definition) is 6. The number of carbonyl (C=O) groups excluding carboxylic acids is 3. The third-order valence-corrected chi connectivity index (χ3v) is 5.12. The molecule has 0 spiro atoms. The highest BCUT2D eigenvalue weighted by Crippen LogP contribution is 2.20. The number of pyridine rings is 2. The van der Waals surface area contributed by atoms with Crippen molar-refractivity contribution in [2.45, 2.75) is 51.5 Å². The Morgan fingerprint density at radius 1 is 1.19 bits per heavy atom. The molecule has 0 saturated heterocycles. The van der Waals surface area contributed by atoms with Crippen LogP contribution in [0.1, 0.15) is 55.5 Å². The van der Waals surface area contributed by atoms with Gasteiger partial charge in [0.05, 0.1) is 6.04 Å². The Labute approximate surface area is 182 Å². The number of Topliss-reactive ketones (excluding diaryl/α,β-unsaturated/α-hetero) is 1. The first-order chi connectivity index (χ1) is 15.0. The van der Waals surface area contributed by atoms with Gasteiger partial charge in [-0.2, -0.15) is 0 Å². The van der Waals surface area contributed by atoms with Gasteiger partial charge in [-0.15, -0.1) is 0 Å². The number of amides is 2. The summed E-state index contributed by atoms with van der Waals surface area (Å²) in [7, 11) is 0. The molecule has 3 rings (SSSR count). The summed E-state index contributed by atoms with van der Waals surface area (Å²) < 4.78 is 0. The molecule has 0 unspecified atom stereocenters. The van der Waals surface area contributed by atoms with E-state index in [4.69, 9.17) is 0 Å². The van der Waals surface area contributed by atoms with E-state index < -0.39 is 11.9 Å². The molecule has 1 aliphatic heterocycles. The molecule has 2 aromatic rings. The molecule has 8 nitrogen and oxygen atoms in total. The molecule has 0 bridgehead atoms. The van der Waals surface area contributed by atoms with Crippen LogP contribution in [0.15, 0.2) is 36.7 Å². The molecule has 0 aromatic carbocycles. The normalized spacial score (nSPS) is 13.5. The molecule has 8 heteroatoms. The van der Waals surface area contributed by atoms with E-state index in [9.17, 15) is 14.4 Å². The standard InChI is InChI=1S/C23H29N5O3/c1-16(29)13-20(18-6-2-10-24-15-18)28-22(31)14-21(30)25-11-4-7-19-9-8-17-5-3-12-26-23(17)27-19/h2,6,8-10,15,20H,3-5,7,11-14H2,1H3,(H,25,30)(H,26,27)(H,28,31)/t20-/m0/s1. The number of nitrogens with one attached hydrogen (secondary N) is 3. The van der Waals surface area contributed by atoms with Gasteiger partial charge in [0.1, 0.15) is 18.0 Å². The Bertz CT molecular complexity index is 917. The summed E-state index contributed by atoms with van der Waals surface area (Å²) in [5.74, 6) is 0.156. The van der Waals surface area contributed by atoms with Crippen molar-refractivity contribution in [3.63, 3.8) is 0 Å². The summed E-state index contributed by atoms with van der Waals surface area (Å²) in [4.78, 5) is 44.6. The highest BCUT2D eigenvalue weighted by molar-refractivity contribution is 5.97. The van der Waals surface area contributed by atoms with Gasteiger partial charge in [0.15, 0.2) is 0 Å². The number of ketones is 1. The highest BCUT2D eigenvalue weighted by Gasteiger charge is 2.18. The van der Waals surface area contributed by atoms with Crippen molar-refractivity contribution in [2.24, 2.45) is 0 Å². The fraction of sp³-hybridized carbons (Fsp3) is 0.435. The van der Waals surface area contributed by atoms with Gasteiger partial charge in [-0.1, -0.05) is 12.1 Å². The van der Waals surface area contributed by atoms with Gasteiger partial charge >= 0.3 is 0 Å². The van der Waals surface area contributed by atoms with Crippen LogP contribution in [0.3, 0.4) is 0 Å². The molecule has 0 radical (unpaired) electrons. The zero-order valence-electron chi connectivity index (χ0n) is 17.8. The van der Waals surface area contributed by atoms with Gasteiger partial charge in [-0.3, -0.25) is 19.4 Å². The third kappa shape index (κ3) is 7.16. The number of fused-ring (bicyclic) bond motifs is 1. The number of nitrogens with zero attached hydrogens (tertiary/aromatic N) is 2. The number of aromatic nitrogens is 2. The molecule has 0 saturated carbocycles. The van der Waals surface area contributed by atoms with Crippen LogP contribution in [0.4, 0.5) is 5.82 Å². The van der Waals surface area contributed by atoms with Crippen molar-refractivity contribution < 1.29 is 14.4 Å². The number of aryl methyl sites for hydroxylation is 2. The highest BCUT2D eigenvalue weighted by atomic mass is 16.2. The van der Waals surface area contributed by atoms with Crippen molar-refractivity contribution in [2.75, 3.05) is 18.4 Å². The van der Waals surface area contributed by atoms with Crippen molar-refractivity contribution >= 4 is 23.4 Å². The monoisotopic (exact) mass is 423 g/mol. The van der Waals surface area contributed by atoms with E-state index in [1.54, 1.807) is 24.5 Å². The molecule has 0 aliphatic carbocycles. The summed E-state index contributed by atoms with van der Waals surface area (Å²) >= 11 is 0. The number of carbonyl (C=O) groups is 3. The van der Waals surface area contributed by atoms with E-state index >= 15 is 0 Å². The molecule has 3 N–H and O–H groups in total. The van der Waals surface area contributed by atoms with Crippen LogP contribution in [0, 0.1) is 0 Å². The zero-order valence-corrected chi connectivity index (χ0v) is 17.8. The molecule has 1 aliphatic rings. The predicted octanol–water partition coefficient (Wildman–Crippen LogP) is 2.11. The summed E-state index contributed by atoms with van der Waals surface area (Å²) in [5.41, 5.74) is 2.98. The maximum atomic E-state index is 12.3. The van der Waals surface area contributed by atoms with Gasteiger partial charge < -0.3 is 16.0 Å². The van der Waals surface area contributed by atoms with Crippen LogP contribution in [-0.2, 0) is 27.2 Å². The minimum absolute atomic E-state index is 0.0513. The molecule has 2 aromatic heterocycles. The van der Waals surface area contributed by atoms with Crippen LogP contribution >= 0.6 is 0 Å². The lowest BCUT2D eigenvalue weighted by molar-refractivity contribution is -0.129. The number of anilines is 1. The van der Waals surface area contributed by atoms with Crippen LogP contribution in [0.2, 0.25) is 0 Å². The van der Waals surface area contributed by atoms with Crippen LogP contribution in [0.25, 0.3) is 0 Å². The Balaban J connectivity index is 1.40. The average Bonchev–Trinajstić information content (AvgIpc) is 2.76. The molecule has 2 amide bonds. The topological polar surface area (TPSA) is 113 Å². The summed E-state index contributed by atoms with van der Waals surface area (Å²) in [5, 5.41) is 8.86. The lowest BCUT2D eigenvalue weighted by atomic mass is 10.0. The molecule has 31 heavy (non-hydrogen) atoms. The first-order valence-corrected chi connectivity index (χ1v) is 10.7. The summed E-state index contributed by atoms with van der Waals surface area (Å²) in [6.07, 6.45) is 6.79. The first kappa shape index (κ1) is 22.4. The maximum Gasteiger partial charge on any atom is 0.229 e. The molecular formula is C23H29N5O3. The second-order valence-electron chi connectivity index (χ2n) is 7.78. The van der Waals surface area contributed by atoms with E-state index in [-0.39, 0.29) is 24.5 Å². The van der Waals surface area contributed by atoms with Crippen molar-refractivity contribution in [3.05, 3.63) is 53.5 Å². The SMILES string of the molecule is CC(=O)C[C@H](NC(=O)CC(=O)NCCCc1ccc2c(n1)NCCC2)c1cccnc1. The van der Waals surface area contributed by atoms with E-state index in [0.717, 1.165) is 49.3 Å². The molecular weight excluding hydrogens is 394 g/mol. The van der Waals surface area contributed by atoms with E-state index in [1.807, 2.05) is 6.07 Å². The molecule has 1 atom stereocenters. The van der Waals surface area contributed by atoms with Gasteiger partial charge in [-0.05, 0) is 55.9 Å². The Hall–Kier alpha value is -3.29. The fourth-order valence-electron chi connectivity index (χ4n) is 3.58. The van der Waals surface area contributed by atoms with Gasteiger partial charge in [0, 0.05) is 37.6 Å². The lowest BCUT2D eigenvalue weighted by Gasteiger charge is -2.18. The Kier molecular flexibility index (Phi) is 8.09. The maximum absolute atomic E-state index is 12.3. The molecule has 3 heterocycles.